The van der Waals surface area contributed by atoms with E-state index in [0.29, 0.717) is 25.2 Å². The van der Waals surface area contributed by atoms with Gasteiger partial charge in [0.25, 0.3) is 5.91 Å². The number of rotatable bonds is 3. The van der Waals surface area contributed by atoms with Gasteiger partial charge in [-0.2, -0.15) is 0 Å². The maximum absolute atomic E-state index is 12.9. The summed E-state index contributed by atoms with van der Waals surface area (Å²) < 4.78 is 8.35. The van der Waals surface area contributed by atoms with Crippen molar-refractivity contribution in [3.05, 3.63) is 53.6 Å². The molecule has 2 amide bonds. The van der Waals surface area contributed by atoms with E-state index in [-0.39, 0.29) is 17.9 Å². The second-order valence-electron chi connectivity index (χ2n) is 8.27. The molecule has 3 heterocycles. The van der Waals surface area contributed by atoms with E-state index in [1.165, 1.54) is 11.1 Å². The summed E-state index contributed by atoms with van der Waals surface area (Å²) in [5.41, 5.74) is 2.62. The number of benzene rings is 1. The molecule has 2 aromatic rings. The third-order valence-electron chi connectivity index (χ3n) is 6.14. The lowest BCUT2D eigenvalue weighted by Gasteiger charge is -2.47. The van der Waals surface area contributed by atoms with Crippen LogP contribution in [0.1, 0.15) is 40.9 Å². The molecule has 7 nitrogen and oxygen atoms in total. The minimum atomic E-state index is -0.435. The summed E-state index contributed by atoms with van der Waals surface area (Å²) in [5, 5.41) is 0. The van der Waals surface area contributed by atoms with Gasteiger partial charge in [-0.25, -0.2) is 4.98 Å². The fraction of sp³-hybridized carbons (Fsp3) is 0.500. The predicted octanol–water partition coefficient (Wildman–Crippen LogP) is 1.97. The van der Waals surface area contributed by atoms with Gasteiger partial charge < -0.3 is 19.1 Å². The van der Waals surface area contributed by atoms with E-state index in [2.05, 4.69) is 17.1 Å². The van der Waals surface area contributed by atoms with Gasteiger partial charge in [0.2, 0.25) is 5.91 Å². The summed E-state index contributed by atoms with van der Waals surface area (Å²) in [6.07, 6.45) is 5.68. The Kier molecular flexibility index (Phi) is 5.17. The third-order valence-corrected chi connectivity index (χ3v) is 6.14. The van der Waals surface area contributed by atoms with Gasteiger partial charge in [-0.15, -0.1) is 0 Å². The van der Waals surface area contributed by atoms with E-state index in [0.717, 1.165) is 19.3 Å². The average molecular weight is 396 g/mol. The van der Waals surface area contributed by atoms with Crippen LogP contribution in [0.2, 0.25) is 0 Å². The number of hydrogen-bond acceptors (Lipinski definition) is 4. The Bertz CT molecular complexity index is 912. The number of fused-ring (bicyclic) bond motifs is 2. The highest BCUT2D eigenvalue weighted by atomic mass is 16.5. The topological polar surface area (TPSA) is 67.7 Å². The largest absolute Gasteiger partial charge is 0.366 e. The van der Waals surface area contributed by atoms with Crippen molar-refractivity contribution in [2.75, 3.05) is 27.2 Å². The Morgan fingerprint density at radius 2 is 1.97 bits per heavy atom. The van der Waals surface area contributed by atoms with E-state index in [4.69, 9.17) is 4.74 Å². The second kappa shape index (κ2) is 7.63. The zero-order valence-corrected chi connectivity index (χ0v) is 17.3. The Morgan fingerprint density at radius 3 is 2.62 bits per heavy atom. The maximum atomic E-state index is 12.9. The van der Waals surface area contributed by atoms with Crippen LogP contribution in [-0.4, -0.2) is 64.5 Å². The zero-order valence-electron chi connectivity index (χ0n) is 17.3. The van der Waals surface area contributed by atoms with Crippen LogP contribution in [0.15, 0.2) is 36.8 Å². The highest BCUT2D eigenvalue weighted by Gasteiger charge is 2.44. The van der Waals surface area contributed by atoms with Crippen molar-refractivity contribution in [1.29, 1.82) is 0 Å². The van der Waals surface area contributed by atoms with Gasteiger partial charge in [0.1, 0.15) is 5.69 Å². The summed E-state index contributed by atoms with van der Waals surface area (Å²) >= 11 is 0. The number of aryl methyl sites for hydroxylation is 1. The summed E-state index contributed by atoms with van der Waals surface area (Å²) in [6.45, 7) is 1.24. The molecule has 1 aromatic carbocycles. The molecule has 1 unspecified atom stereocenters. The lowest BCUT2D eigenvalue weighted by molar-refractivity contribution is -0.151. The van der Waals surface area contributed by atoms with E-state index in [1.54, 1.807) is 36.1 Å². The van der Waals surface area contributed by atoms with E-state index < -0.39 is 5.60 Å². The molecule has 4 rings (SSSR count). The van der Waals surface area contributed by atoms with Crippen LogP contribution in [0.3, 0.4) is 0 Å². The van der Waals surface area contributed by atoms with Crippen LogP contribution in [0, 0.1) is 0 Å². The number of carbonyl (C=O) groups excluding carboxylic acids is 2. The molecule has 0 radical (unpaired) electrons. The molecule has 1 atom stereocenters. The van der Waals surface area contributed by atoms with Crippen LogP contribution in [0.25, 0.3) is 0 Å². The van der Waals surface area contributed by atoms with Crippen molar-refractivity contribution in [3.8, 4) is 0 Å². The molecule has 0 N–H and O–H groups in total. The normalized spacial score (nSPS) is 20.4. The quantitative estimate of drug-likeness (QED) is 0.796. The molecule has 0 saturated carbocycles. The molecule has 2 aliphatic rings. The monoisotopic (exact) mass is 396 g/mol. The molecule has 0 aliphatic carbocycles. The number of nitrogens with zero attached hydrogens (tertiary/aromatic N) is 4. The van der Waals surface area contributed by atoms with Crippen LogP contribution >= 0.6 is 0 Å². The van der Waals surface area contributed by atoms with Crippen LogP contribution < -0.4 is 0 Å². The lowest BCUT2D eigenvalue weighted by Crippen LogP contribution is -2.51. The van der Waals surface area contributed by atoms with Crippen LogP contribution in [-0.2, 0) is 28.6 Å². The average Bonchev–Trinajstić information content (AvgIpc) is 3.14. The van der Waals surface area contributed by atoms with Gasteiger partial charge in [-0.1, -0.05) is 24.3 Å². The third kappa shape index (κ3) is 3.67. The minimum absolute atomic E-state index is 0.00304. The molecule has 29 heavy (non-hydrogen) atoms. The van der Waals surface area contributed by atoms with Crippen molar-refractivity contribution < 1.29 is 14.3 Å². The van der Waals surface area contributed by atoms with Crippen molar-refractivity contribution in [2.45, 2.75) is 37.4 Å². The summed E-state index contributed by atoms with van der Waals surface area (Å²) in [5.74, 6) is 0.0802. The summed E-state index contributed by atoms with van der Waals surface area (Å²) in [4.78, 5) is 32.7. The first-order valence-corrected chi connectivity index (χ1v) is 10.1. The van der Waals surface area contributed by atoms with E-state index in [1.807, 2.05) is 24.1 Å². The van der Waals surface area contributed by atoms with Crippen LogP contribution in [0.4, 0.5) is 0 Å². The number of piperidine rings is 1. The number of hydrogen-bond donors (Lipinski definition) is 0. The molecule has 1 fully saturated rings. The molecule has 7 heteroatoms. The summed E-state index contributed by atoms with van der Waals surface area (Å²) in [7, 11) is 5.38. The Morgan fingerprint density at radius 1 is 1.24 bits per heavy atom. The number of aromatic nitrogens is 2. The first kappa shape index (κ1) is 19.6. The molecule has 1 spiro atoms. The lowest BCUT2D eigenvalue weighted by atomic mass is 9.77. The van der Waals surface area contributed by atoms with Gasteiger partial charge in [-0.3, -0.25) is 9.59 Å². The number of imidazole rings is 1. The highest BCUT2D eigenvalue weighted by molar-refractivity contribution is 5.92. The van der Waals surface area contributed by atoms with Gasteiger partial charge in [-0.05, 0) is 30.4 Å². The predicted molar refractivity (Wildman–Crippen MR) is 108 cm³/mol. The van der Waals surface area contributed by atoms with Crippen molar-refractivity contribution in [2.24, 2.45) is 7.05 Å². The number of carbonyl (C=O) groups is 2. The Balaban J connectivity index is 1.54. The molecular formula is C22H28N4O3. The maximum Gasteiger partial charge on any atom is 0.272 e. The minimum Gasteiger partial charge on any atom is -0.366 e. The van der Waals surface area contributed by atoms with Crippen molar-refractivity contribution in [3.63, 3.8) is 0 Å². The van der Waals surface area contributed by atoms with Gasteiger partial charge in [0, 0.05) is 34.2 Å². The smallest absolute Gasteiger partial charge is 0.272 e. The number of likely N-dealkylation sites (tertiary alicyclic amines) is 1. The van der Waals surface area contributed by atoms with Crippen LogP contribution in [0.5, 0.6) is 0 Å². The summed E-state index contributed by atoms with van der Waals surface area (Å²) in [6, 6.07) is 8.37. The Labute approximate surface area is 171 Å². The SMILES string of the molecule is CN(C)C(=O)CC1Cc2ccccc2C2(CCN(C(=O)c3cncn3C)CC2)O1. The van der Waals surface area contributed by atoms with E-state index in [9.17, 15) is 9.59 Å². The fourth-order valence-corrected chi connectivity index (χ4v) is 4.49. The number of ether oxygens (including phenoxy) is 1. The molecule has 1 saturated heterocycles. The zero-order chi connectivity index (χ0) is 20.6. The molecule has 0 bridgehead atoms. The Hall–Kier alpha value is -2.67. The van der Waals surface area contributed by atoms with Gasteiger partial charge in [0.05, 0.1) is 30.7 Å². The van der Waals surface area contributed by atoms with Gasteiger partial charge >= 0.3 is 0 Å². The number of amides is 2. The van der Waals surface area contributed by atoms with Gasteiger partial charge in [0.15, 0.2) is 0 Å². The van der Waals surface area contributed by atoms with Crippen molar-refractivity contribution >= 4 is 11.8 Å². The first-order chi connectivity index (χ1) is 13.9. The second-order valence-corrected chi connectivity index (χ2v) is 8.27. The molecule has 154 valence electrons. The molecular weight excluding hydrogens is 368 g/mol. The molecule has 1 aromatic heterocycles. The van der Waals surface area contributed by atoms with E-state index >= 15 is 0 Å². The van der Waals surface area contributed by atoms with Crippen molar-refractivity contribution in [1.82, 2.24) is 19.4 Å². The highest BCUT2D eigenvalue weighted by Crippen LogP contribution is 2.44. The fourth-order valence-electron chi connectivity index (χ4n) is 4.49. The standard InChI is InChI=1S/C22H28N4O3/c1-24(2)20(27)13-17-12-16-6-4-5-7-18(16)22(29-17)8-10-26(11-9-22)21(28)19-14-23-15-25(19)3/h4-7,14-15,17H,8-13H2,1-3H3. The molecule has 2 aliphatic heterocycles. The first-order valence-electron chi connectivity index (χ1n) is 10.1.